The first-order valence-electron chi connectivity index (χ1n) is 6.24. The zero-order valence-electron chi connectivity index (χ0n) is 11.4. The predicted octanol–water partition coefficient (Wildman–Crippen LogP) is 3.17. The van der Waals surface area contributed by atoms with E-state index in [9.17, 15) is 9.90 Å². The number of aryl methyl sites for hydroxylation is 2. The second-order valence-electron chi connectivity index (χ2n) is 4.54. The molecular weight excluding hydrogens is 256 g/mol. The molecule has 0 aromatic heterocycles. The third kappa shape index (κ3) is 3.75. The molecule has 20 heavy (non-hydrogen) atoms. The molecule has 4 heteroatoms. The highest BCUT2D eigenvalue weighted by Gasteiger charge is 2.21. The highest BCUT2D eigenvalue weighted by Crippen LogP contribution is 2.18. The van der Waals surface area contributed by atoms with Gasteiger partial charge >= 0.3 is 12.3 Å². The van der Waals surface area contributed by atoms with E-state index in [2.05, 4.69) is 0 Å². The van der Waals surface area contributed by atoms with Crippen molar-refractivity contribution in [3.63, 3.8) is 0 Å². The molecule has 0 saturated carbocycles. The zero-order chi connectivity index (χ0) is 14.5. The Kier molecular flexibility index (Phi) is 4.25. The Morgan fingerprint density at radius 3 is 1.75 bits per heavy atom. The quantitative estimate of drug-likeness (QED) is 0.849. The van der Waals surface area contributed by atoms with Gasteiger partial charge in [-0.05, 0) is 49.2 Å². The molecule has 0 atom stereocenters. The number of hydrogen-bond acceptors (Lipinski definition) is 3. The number of aliphatic carboxylic acids is 1. The number of ether oxygens (including phenoxy) is 2. The lowest BCUT2D eigenvalue weighted by atomic mass is 10.2. The Hall–Kier alpha value is -2.49. The van der Waals surface area contributed by atoms with Gasteiger partial charge in [-0.25, -0.2) is 4.79 Å². The molecule has 0 heterocycles. The van der Waals surface area contributed by atoms with E-state index in [0.717, 1.165) is 11.1 Å². The normalized spacial score (nSPS) is 10.3. The van der Waals surface area contributed by atoms with Gasteiger partial charge in [0.25, 0.3) is 0 Å². The van der Waals surface area contributed by atoms with Crippen LogP contribution < -0.4 is 9.47 Å². The molecule has 2 aromatic carbocycles. The van der Waals surface area contributed by atoms with Crippen LogP contribution in [-0.2, 0) is 4.79 Å². The van der Waals surface area contributed by atoms with Gasteiger partial charge in [0, 0.05) is 0 Å². The highest BCUT2D eigenvalue weighted by atomic mass is 16.7. The van der Waals surface area contributed by atoms with Crippen LogP contribution in [0, 0.1) is 13.8 Å². The number of carbonyl (C=O) groups is 1. The van der Waals surface area contributed by atoms with Crippen molar-refractivity contribution >= 4 is 5.97 Å². The van der Waals surface area contributed by atoms with Crippen LogP contribution in [0.4, 0.5) is 0 Å². The maximum atomic E-state index is 11.2. The molecular formula is C16H16O4. The minimum absolute atomic E-state index is 0.463. The van der Waals surface area contributed by atoms with E-state index in [1.54, 1.807) is 36.4 Å². The average Bonchev–Trinajstić information content (AvgIpc) is 2.38. The van der Waals surface area contributed by atoms with E-state index in [1.807, 2.05) is 26.0 Å². The third-order valence-electron chi connectivity index (χ3n) is 2.67. The molecule has 0 aliphatic carbocycles. The Morgan fingerprint density at radius 2 is 1.40 bits per heavy atom. The fraction of sp³-hybridized carbons (Fsp3) is 0.188. The van der Waals surface area contributed by atoms with Gasteiger partial charge in [-0.3, -0.25) is 0 Å². The van der Waals surface area contributed by atoms with Gasteiger partial charge < -0.3 is 14.6 Å². The van der Waals surface area contributed by atoms with Crippen molar-refractivity contribution in [2.75, 3.05) is 0 Å². The summed E-state index contributed by atoms with van der Waals surface area (Å²) in [4.78, 5) is 11.2. The fourth-order valence-corrected chi connectivity index (χ4v) is 1.75. The van der Waals surface area contributed by atoms with Gasteiger partial charge in [0.2, 0.25) is 0 Å². The molecule has 0 aliphatic rings. The first-order chi connectivity index (χ1) is 9.54. The second kappa shape index (κ2) is 6.10. The number of hydrogen-bond donors (Lipinski definition) is 1. The van der Waals surface area contributed by atoms with Crippen LogP contribution in [-0.4, -0.2) is 17.4 Å². The summed E-state index contributed by atoms with van der Waals surface area (Å²) < 4.78 is 10.8. The Morgan fingerprint density at radius 1 is 0.950 bits per heavy atom. The summed E-state index contributed by atoms with van der Waals surface area (Å²) in [5, 5.41) is 9.18. The van der Waals surface area contributed by atoms with Crippen molar-refractivity contribution in [1.82, 2.24) is 0 Å². The van der Waals surface area contributed by atoms with Crippen LogP contribution in [0.15, 0.2) is 48.5 Å². The molecule has 0 radical (unpaired) electrons. The van der Waals surface area contributed by atoms with E-state index in [1.165, 1.54) is 0 Å². The molecule has 104 valence electrons. The molecule has 0 saturated heterocycles. The minimum Gasteiger partial charge on any atom is -0.476 e. The Labute approximate surface area is 117 Å². The predicted molar refractivity (Wildman–Crippen MR) is 75.0 cm³/mol. The topological polar surface area (TPSA) is 55.8 Å². The van der Waals surface area contributed by atoms with Gasteiger partial charge in [-0.15, -0.1) is 0 Å². The highest BCUT2D eigenvalue weighted by molar-refractivity contribution is 5.71. The van der Waals surface area contributed by atoms with Gasteiger partial charge in [-0.1, -0.05) is 24.3 Å². The van der Waals surface area contributed by atoms with Crippen molar-refractivity contribution in [3.05, 3.63) is 59.7 Å². The summed E-state index contributed by atoms with van der Waals surface area (Å²) in [7, 11) is 0. The monoisotopic (exact) mass is 272 g/mol. The lowest BCUT2D eigenvalue weighted by Crippen LogP contribution is -2.33. The standard InChI is InChI=1S/C16H16O4/c1-11-5-3-7-13(9-11)19-16(15(17)18)20-14-8-4-6-12(2)10-14/h3-10,16H,1-2H3,(H,17,18). The number of carboxylic acids is 1. The van der Waals surface area contributed by atoms with Crippen molar-refractivity contribution in [1.29, 1.82) is 0 Å². The van der Waals surface area contributed by atoms with Crippen molar-refractivity contribution in [2.45, 2.75) is 20.1 Å². The molecule has 1 N–H and O–H groups in total. The molecule has 2 rings (SSSR count). The maximum Gasteiger partial charge on any atom is 0.387 e. The van der Waals surface area contributed by atoms with Crippen LogP contribution in [0.25, 0.3) is 0 Å². The fourth-order valence-electron chi connectivity index (χ4n) is 1.75. The summed E-state index contributed by atoms with van der Waals surface area (Å²) in [5.74, 6) is -0.247. The SMILES string of the molecule is Cc1cccc(OC(Oc2cccc(C)c2)C(=O)O)c1. The number of carboxylic acid groups (broad SMARTS) is 1. The lowest BCUT2D eigenvalue weighted by molar-refractivity contribution is -0.158. The molecule has 4 nitrogen and oxygen atoms in total. The van der Waals surface area contributed by atoms with E-state index >= 15 is 0 Å². The third-order valence-corrected chi connectivity index (χ3v) is 2.67. The summed E-state index contributed by atoms with van der Waals surface area (Å²) in [6.07, 6.45) is -1.38. The van der Waals surface area contributed by atoms with E-state index in [-0.39, 0.29) is 0 Å². The number of rotatable bonds is 5. The van der Waals surface area contributed by atoms with Gasteiger partial charge in [-0.2, -0.15) is 0 Å². The van der Waals surface area contributed by atoms with E-state index < -0.39 is 12.3 Å². The summed E-state index contributed by atoms with van der Waals surface area (Å²) in [5.41, 5.74) is 1.98. The lowest BCUT2D eigenvalue weighted by Gasteiger charge is -2.17. The van der Waals surface area contributed by atoms with Crippen LogP contribution in [0.2, 0.25) is 0 Å². The summed E-state index contributed by atoms with van der Waals surface area (Å²) in [6.45, 7) is 3.81. The summed E-state index contributed by atoms with van der Waals surface area (Å²) in [6, 6.07) is 14.3. The molecule has 0 unspecified atom stereocenters. The van der Waals surface area contributed by atoms with Crippen LogP contribution in [0.3, 0.4) is 0 Å². The van der Waals surface area contributed by atoms with Crippen LogP contribution >= 0.6 is 0 Å². The van der Waals surface area contributed by atoms with Crippen LogP contribution in [0.1, 0.15) is 11.1 Å². The molecule has 0 fully saturated rings. The minimum atomic E-state index is -1.38. The molecule has 0 bridgehead atoms. The average molecular weight is 272 g/mol. The van der Waals surface area contributed by atoms with Crippen molar-refractivity contribution < 1.29 is 19.4 Å². The largest absolute Gasteiger partial charge is 0.476 e. The molecule has 0 spiro atoms. The van der Waals surface area contributed by atoms with E-state index in [0.29, 0.717) is 11.5 Å². The number of benzene rings is 2. The first kappa shape index (κ1) is 13.9. The first-order valence-corrected chi connectivity index (χ1v) is 6.24. The smallest absolute Gasteiger partial charge is 0.387 e. The van der Waals surface area contributed by atoms with Crippen molar-refractivity contribution in [2.24, 2.45) is 0 Å². The van der Waals surface area contributed by atoms with E-state index in [4.69, 9.17) is 9.47 Å². The zero-order valence-corrected chi connectivity index (χ0v) is 11.4. The van der Waals surface area contributed by atoms with Gasteiger partial charge in [0.05, 0.1) is 0 Å². The van der Waals surface area contributed by atoms with Gasteiger partial charge in [0.1, 0.15) is 11.5 Å². The molecule has 0 aliphatic heterocycles. The maximum absolute atomic E-state index is 11.2. The second-order valence-corrected chi connectivity index (χ2v) is 4.54. The van der Waals surface area contributed by atoms with Crippen LogP contribution in [0.5, 0.6) is 11.5 Å². The molecule has 2 aromatic rings. The molecule has 0 amide bonds. The van der Waals surface area contributed by atoms with Crippen molar-refractivity contribution in [3.8, 4) is 11.5 Å². The Balaban J connectivity index is 2.13. The van der Waals surface area contributed by atoms with Gasteiger partial charge in [0.15, 0.2) is 0 Å². The summed E-state index contributed by atoms with van der Waals surface area (Å²) >= 11 is 0. The Bertz CT molecular complexity index is 559.